The Bertz CT molecular complexity index is 492. The lowest BCUT2D eigenvalue weighted by Gasteiger charge is -2.39. The van der Waals surface area contributed by atoms with Crippen molar-refractivity contribution in [2.75, 3.05) is 20.1 Å². The number of piperidine rings is 1. The molecule has 2 rings (SSSR count). The summed E-state index contributed by atoms with van der Waals surface area (Å²) < 4.78 is 1.06. The van der Waals surface area contributed by atoms with Crippen LogP contribution in [0.5, 0.6) is 0 Å². The van der Waals surface area contributed by atoms with Gasteiger partial charge in [-0.3, -0.25) is 9.69 Å². The zero-order chi connectivity index (χ0) is 15.4. The van der Waals surface area contributed by atoms with Gasteiger partial charge in [0, 0.05) is 30.1 Å². The molecule has 3 atom stereocenters. The third kappa shape index (κ3) is 4.05. The molecule has 0 bridgehead atoms. The van der Waals surface area contributed by atoms with E-state index < -0.39 is 0 Å². The fraction of sp³-hybridized carbons (Fsp3) is 0.562. The van der Waals surface area contributed by atoms with Gasteiger partial charge in [-0.05, 0) is 44.0 Å². The zero-order valence-corrected chi connectivity index (χ0v) is 14.3. The summed E-state index contributed by atoms with van der Waals surface area (Å²) in [7, 11) is 1.71. The fourth-order valence-corrected chi connectivity index (χ4v) is 3.63. The number of nitrogens with zero attached hydrogens (tertiary/aromatic N) is 1. The second-order valence-corrected chi connectivity index (χ2v) is 6.72. The number of likely N-dealkylation sites (tertiary alicyclic amines) is 1. The maximum Gasteiger partial charge on any atom is 0.224 e. The SMILES string of the molecule is CNC(=O)C1CCCN(C(c2cccc(Br)c2)C(C)N)C1. The molecule has 0 aliphatic carbocycles. The first-order valence-corrected chi connectivity index (χ1v) is 8.29. The lowest BCUT2D eigenvalue weighted by Crippen LogP contribution is -2.47. The number of hydrogen-bond donors (Lipinski definition) is 2. The maximum atomic E-state index is 11.9. The number of nitrogens with two attached hydrogens (primary N) is 1. The minimum Gasteiger partial charge on any atom is -0.359 e. The predicted octanol–water partition coefficient (Wildman–Crippen LogP) is 2.30. The molecular formula is C16H24BrN3O. The van der Waals surface area contributed by atoms with Crippen LogP contribution >= 0.6 is 15.9 Å². The topological polar surface area (TPSA) is 58.4 Å². The van der Waals surface area contributed by atoms with Crippen LogP contribution in [0, 0.1) is 5.92 Å². The number of carbonyl (C=O) groups excluding carboxylic acids is 1. The van der Waals surface area contributed by atoms with Crippen LogP contribution in [-0.2, 0) is 4.79 Å². The van der Waals surface area contributed by atoms with Crippen molar-refractivity contribution in [2.24, 2.45) is 11.7 Å². The Labute approximate surface area is 135 Å². The molecule has 116 valence electrons. The van der Waals surface area contributed by atoms with Crippen LogP contribution in [0.3, 0.4) is 0 Å². The van der Waals surface area contributed by atoms with Crippen molar-refractivity contribution in [3.8, 4) is 0 Å². The van der Waals surface area contributed by atoms with Gasteiger partial charge in [-0.1, -0.05) is 28.1 Å². The van der Waals surface area contributed by atoms with Crippen LogP contribution < -0.4 is 11.1 Å². The lowest BCUT2D eigenvalue weighted by atomic mass is 9.92. The fourth-order valence-electron chi connectivity index (χ4n) is 3.21. The molecule has 1 aliphatic rings. The summed E-state index contributed by atoms with van der Waals surface area (Å²) in [6, 6.07) is 8.46. The van der Waals surface area contributed by atoms with Crippen molar-refractivity contribution < 1.29 is 4.79 Å². The van der Waals surface area contributed by atoms with Gasteiger partial charge in [0.2, 0.25) is 5.91 Å². The molecule has 3 unspecified atom stereocenters. The minimum atomic E-state index is 0.0164. The van der Waals surface area contributed by atoms with Crippen LogP contribution in [0.1, 0.15) is 31.4 Å². The van der Waals surface area contributed by atoms with E-state index in [1.54, 1.807) is 7.05 Å². The molecule has 1 aliphatic heterocycles. The largest absolute Gasteiger partial charge is 0.359 e. The van der Waals surface area contributed by atoms with Crippen molar-refractivity contribution in [1.82, 2.24) is 10.2 Å². The van der Waals surface area contributed by atoms with Gasteiger partial charge in [0.05, 0.1) is 5.92 Å². The first kappa shape index (κ1) is 16.5. The number of nitrogens with one attached hydrogen (secondary N) is 1. The lowest BCUT2D eigenvalue weighted by molar-refractivity contribution is -0.126. The van der Waals surface area contributed by atoms with Crippen molar-refractivity contribution in [2.45, 2.75) is 31.8 Å². The van der Waals surface area contributed by atoms with E-state index >= 15 is 0 Å². The van der Waals surface area contributed by atoms with Gasteiger partial charge in [-0.25, -0.2) is 0 Å². The van der Waals surface area contributed by atoms with Crippen LogP contribution in [0.2, 0.25) is 0 Å². The van der Waals surface area contributed by atoms with E-state index in [2.05, 4.69) is 38.3 Å². The molecule has 21 heavy (non-hydrogen) atoms. The molecule has 3 N–H and O–H groups in total. The quantitative estimate of drug-likeness (QED) is 0.872. The first-order valence-electron chi connectivity index (χ1n) is 7.49. The summed E-state index contributed by atoms with van der Waals surface area (Å²) in [5.41, 5.74) is 7.45. The first-order chi connectivity index (χ1) is 10.0. The molecule has 0 aromatic heterocycles. The average Bonchev–Trinajstić information content (AvgIpc) is 2.46. The van der Waals surface area contributed by atoms with Crippen LogP contribution in [0.15, 0.2) is 28.7 Å². The molecular weight excluding hydrogens is 330 g/mol. The number of carbonyl (C=O) groups is 1. The molecule has 1 aromatic carbocycles. The Balaban J connectivity index is 2.20. The summed E-state index contributed by atoms with van der Waals surface area (Å²) in [6.07, 6.45) is 2.00. The molecule has 0 saturated carbocycles. The average molecular weight is 354 g/mol. The molecule has 0 radical (unpaired) electrons. The molecule has 0 spiro atoms. The highest BCUT2D eigenvalue weighted by molar-refractivity contribution is 9.10. The Morgan fingerprint density at radius 2 is 2.29 bits per heavy atom. The molecule has 5 heteroatoms. The van der Waals surface area contributed by atoms with Gasteiger partial charge >= 0.3 is 0 Å². The van der Waals surface area contributed by atoms with E-state index in [-0.39, 0.29) is 23.9 Å². The summed E-state index contributed by atoms with van der Waals surface area (Å²) in [5.74, 6) is 0.203. The number of benzene rings is 1. The number of hydrogen-bond acceptors (Lipinski definition) is 3. The Kier molecular flexibility index (Phi) is 5.79. The van der Waals surface area contributed by atoms with E-state index in [4.69, 9.17) is 5.73 Å². The normalized spacial score (nSPS) is 22.6. The smallest absolute Gasteiger partial charge is 0.224 e. The molecule has 1 aromatic rings. The molecule has 1 heterocycles. The van der Waals surface area contributed by atoms with Gasteiger partial charge in [0.25, 0.3) is 0 Å². The molecule has 1 fully saturated rings. The molecule has 1 amide bonds. The van der Waals surface area contributed by atoms with Gasteiger partial charge in [-0.15, -0.1) is 0 Å². The van der Waals surface area contributed by atoms with Gasteiger partial charge in [0.1, 0.15) is 0 Å². The van der Waals surface area contributed by atoms with Crippen LogP contribution in [-0.4, -0.2) is 37.0 Å². The summed E-state index contributed by atoms with van der Waals surface area (Å²) in [6.45, 7) is 3.81. The number of amides is 1. The van der Waals surface area contributed by atoms with Gasteiger partial charge in [0.15, 0.2) is 0 Å². The highest BCUT2D eigenvalue weighted by Crippen LogP contribution is 2.30. The summed E-state index contributed by atoms with van der Waals surface area (Å²) >= 11 is 3.53. The zero-order valence-electron chi connectivity index (χ0n) is 12.7. The summed E-state index contributed by atoms with van der Waals surface area (Å²) in [4.78, 5) is 14.3. The Morgan fingerprint density at radius 1 is 1.52 bits per heavy atom. The van der Waals surface area contributed by atoms with Crippen molar-refractivity contribution in [3.63, 3.8) is 0 Å². The summed E-state index contributed by atoms with van der Waals surface area (Å²) in [5, 5.41) is 2.77. The van der Waals surface area contributed by atoms with E-state index in [0.29, 0.717) is 0 Å². The van der Waals surface area contributed by atoms with Gasteiger partial charge < -0.3 is 11.1 Å². The maximum absolute atomic E-state index is 11.9. The van der Waals surface area contributed by atoms with Crippen molar-refractivity contribution in [1.29, 1.82) is 0 Å². The molecule has 4 nitrogen and oxygen atoms in total. The van der Waals surface area contributed by atoms with Gasteiger partial charge in [-0.2, -0.15) is 0 Å². The van der Waals surface area contributed by atoms with Crippen molar-refractivity contribution in [3.05, 3.63) is 34.3 Å². The van der Waals surface area contributed by atoms with Crippen LogP contribution in [0.4, 0.5) is 0 Å². The highest BCUT2D eigenvalue weighted by Gasteiger charge is 2.31. The van der Waals surface area contributed by atoms with E-state index in [9.17, 15) is 4.79 Å². The third-order valence-electron chi connectivity index (χ3n) is 4.15. The number of halogens is 1. The van der Waals surface area contributed by atoms with Crippen LogP contribution in [0.25, 0.3) is 0 Å². The standard InChI is InChI=1S/C16H24BrN3O/c1-11(18)15(12-5-3-7-14(17)9-12)20-8-4-6-13(10-20)16(21)19-2/h3,5,7,9,11,13,15H,4,6,8,10,18H2,1-2H3,(H,19,21). The monoisotopic (exact) mass is 353 g/mol. The Morgan fingerprint density at radius 3 is 2.90 bits per heavy atom. The van der Waals surface area contributed by atoms with E-state index in [1.807, 2.05) is 19.1 Å². The number of rotatable bonds is 4. The highest BCUT2D eigenvalue weighted by atomic mass is 79.9. The Hall–Kier alpha value is -0.910. The van der Waals surface area contributed by atoms with E-state index in [0.717, 1.165) is 30.4 Å². The predicted molar refractivity (Wildman–Crippen MR) is 88.9 cm³/mol. The second-order valence-electron chi connectivity index (χ2n) is 5.81. The second kappa shape index (κ2) is 7.38. The third-order valence-corrected chi connectivity index (χ3v) is 4.64. The minimum absolute atomic E-state index is 0.0164. The van der Waals surface area contributed by atoms with E-state index in [1.165, 1.54) is 5.56 Å². The molecule has 1 saturated heterocycles. The van der Waals surface area contributed by atoms with Crippen molar-refractivity contribution >= 4 is 21.8 Å².